The minimum absolute atomic E-state index is 0.116. The summed E-state index contributed by atoms with van der Waals surface area (Å²) >= 11 is 0. The number of rotatable bonds is 6. The summed E-state index contributed by atoms with van der Waals surface area (Å²) in [4.78, 5) is 25.0. The molecule has 1 heterocycles. The standard InChI is InChI=1S/C12H14N4O4/c1-3-6-12(2,11(17)18)15-10-5-4-9(16(19)20)8(7-13)14-10/h4-5H,3,6H2,1-2H3,(H,14,15)(H,17,18). The maximum absolute atomic E-state index is 11.3. The van der Waals surface area contributed by atoms with Crippen molar-refractivity contribution in [1.82, 2.24) is 4.98 Å². The number of carboxylic acids is 1. The van der Waals surface area contributed by atoms with Gasteiger partial charge in [0.25, 0.3) is 0 Å². The molecule has 0 fully saturated rings. The molecule has 8 heteroatoms. The van der Waals surface area contributed by atoms with Crippen molar-refractivity contribution in [3.05, 3.63) is 27.9 Å². The maximum atomic E-state index is 11.3. The Bertz CT molecular complexity index is 581. The fourth-order valence-corrected chi connectivity index (χ4v) is 1.76. The molecule has 0 bridgehead atoms. The number of nitro groups is 1. The zero-order chi connectivity index (χ0) is 15.3. The molecule has 0 saturated carbocycles. The SMILES string of the molecule is CCCC(C)(Nc1ccc([N+](=O)[O-])c(C#N)n1)C(=O)O. The average molecular weight is 278 g/mol. The highest BCUT2D eigenvalue weighted by molar-refractivity contribution is 5.81. The number of aromatic nitrogens is 1. The summed E-state index contributed by atoms with van der Waals surface area (Å²) < 4.78 is 0. The Morgan fingerprint density at radius 1 is 1.65 bits per heavy atom. The van der Waals surface area contributed by atoms with Crippen LogP contribution in [0.1, 0.15) is 32.4 Å². The number of hydrogen-bond donors (Lipinski definition) is 2. The molecule has 0 amide bonds. The molecule has 20 heavy (non-hydrogen) atoms. The largest absolute Gasteiger partial charge is 0.480 e. The summed E-state index contributed by atoms with van der Waals surface area (Å²) in [6.45, 7) is 3.33. The Labute approximate surface area is 115 Å². The second-order valence-corrected chi connectivity index (χ2v) is 4.45. The second-order valence-electron chi connectivity index (χ2n) is 4.45. The average Bonchev–Trinajstić information content (AvgIpc) is 2.38. The van der Waals surface area contributed by atoms with Gasteiger partial charge in [-0.15, -0.1) is 0 Å². The lowest BCUT2D eigenvalue weighted by Crippen LogP contribution is -2.43. The van der Waals surface area contributed by atoms with E-state index in [2.05, 4.69) is 10.3 Å². The van der Waals surface area contributed by atoms with Gasteiger partial charge in [-0.2, -0.15) is 5.26 Å². The lowest BCUT2D eigenvalue weighted by atomic mass is 9.96. The molecule has 1 aromatic rings. The number of carbonyl (C=O) groups is 1. The molecule has 8 nitrogen and oxygen atoms in total. The van der Waals surface area contributed by atoms with E-state index in [4.69, 9.17) is 5.26 Å². The van der Waals surface area contributed by atoms with Crippen LogP contribution in [-0.2, 0) is 4.79 Å². The van der Waals surface area contributed by atoms with Gasteiger partial charge in [0, 0.05) is 6.07 Å². The first-order valence-corrected chi connectivity index (χ1v) is 5.91. The Morgan fingerprint density at radius 3 is 2.75 bits per heavy atom. The topological polar surface area (TPSA) is 129 Å². The van der Waals surface area contributed by atoms with Crippen LogP contribution in [0.2, 0.25) is 0 Å². The number of nitrogens with zero attached hydrogens (tertiary/aromatic N) is 3. The summed E-state index contributed by atoms with van der Waals surface area (Å²) in [5.41, 5.74) is -2.01. The van der Waals surface area contributed by atoms with Crippen molar-refractivity contribution in [2.45, 2.75) is 32.2 Å². The smallest absolute Gasteiger partial charge is 0.329 e. The number of nitrogens with one attached hydrogen (secondary N) is 1. The van der Waals surface area contributed by atoms with E-state index in [1.807, 2.05) is 6.92 Å². The van der Waals surface area contributed by atoms with Gasteiger partial charge in [0.05, 0.1) is 4.92 Å². The highest BCUT2D eigenvalue weighted by Crippen LogP contribution is 2.23. The predicted molar refractivity (Wildman–Crippen MR) is 70.2 cm³/mol. The van der Waals surface area contributed by atoms with E-state index in [0.717, 1.165) is 6.07 Å². The van der Waals surface area contributed by atoms with Gasteiger partial charge in [0.1, 0.15) is 17.4 Å². The Kier molecular flexibility index (Phi) is 4.59. The van der Waals surface area contributed by atoms with Gasteiger partial charge in [-0.3, -0.25) is 10.1 Å². The van der Waals surface area contributed by atoms with Crippen LogP contribution in [-0.4, -0.2) is 26.5 Å². The molecular weight excluding hydrogens is 264 g/mol. The normalized spacial score (nSPS) is 13.1. The number of hydrogen-bond acceptors (Lipinski definition) is 6. The molecule has 0 aliphatic heterocycles. The quantitative estimate of drug-likeness (QED) is 0.600. The zero-order valence-corrected chi connectivity index (χ0v) is 11.1. The van der Waals surface area contributed by atoms with Crippen molar-refractivity contribution >= 4 is 17.5 Å². The first-order valence-electron chi connectivity index (χ1n) is 5.91. The van der Waals surface area contributed by atoms with Crippen molar-refractivity contribution in [2.24, 2.45) is 0 Å². The van der Waals surface area contributed by atoms with Crippen molar-refractivity contribution in [1.29, 1.82) is 5.26 Å². The van der Waals surface area contributed by atoms with Crippen molar-refractivity contribution in [2.75, 3.05) is 5.32 Å². The van der Waals surface area contributed by atoms with E-state index < -0.39 is 22.1 Å². The summed E-state index contributed by atoms with van der Waals surface area (Å²) in [6, 6.07) is 4.04. The molecular formula is C12H14N4O4. The van der Waals surface area contributed by atoms with Gasteiger partial charge >= 0.3 is 11.7 Å². The molecule has 0 aromatic carbocycles. The van der Waals surface area contributed by atoms with Gasteiger partial charge < -0.3 is 10.4 Å². The Hall–Kier alpha value is -2.69. The predicted octanol–water partition coefficient (Wildman–Crippen LogP) is 1.92. The van der Waals surface area contributed by atoms with Crippen LogP contribution < -0.4 is 5.32 Å². The van der Waals surface area contributed by atoms with E-state index in [1.54, 1.807) is 6.07 Å². The summed E-state index contributed by atoms with van der Waals surface area (Å²) in [5.74, 6) is -0.941. The van der Waals surface area contributed by atoms with E-state index in [-0.39, 0.29) is 11.5 Å². The third-order valence-electron chi connectivity index (χ3n) is 2.80. The number of anilines is 1. The van der Waals surface area contributed by atoms with E-state index >= 15 is 0 Å². The van der Waals surface area contributed by atoms with Crippen molar-refractivity contribution < 1.29 is 14.8 Å². The van der Waals surface area contributed by atoms with Crippen LogP contribution in [0.5, 0.6) is 0 Å². The van der Waals surface area contributed by atoms with Crippen molar-refractivity contribution in [3.8, 4) is 6.07 Å². The lowest BCUT2D eigenvalue weighted by molar-refractivity contribution is -0.385. The molecule has 1 aromatic heterocycles. The van der Waals surface area contributed by atoms with E-state index in [0.29, 0.717) is 12.8 Å². The van der Waals surface area contributed by atoms with Crippen LogP contribution in [0.4, 0.5) is 11.5 Å². The summed E-state index contributed by atoms with van der Waals surface area (Å²) in [6.07, 6.45) is 0.983. The van der Waals surface area contributed by atoms with Gasteiger partial charge in [-0.05, 0) is 19.4 Å². The summed E-state index contributed by atoms with van der Waals surface area (Å²) in [7, 11) is 0. The molecule has 0 aliphatic rings. The van der Waals surface area contributed by atoms with Crippen LogP contribution in [0.3, 0.4) is 0 Å². The Morgan fingerprint density at radius 2 is 2.30 bits per heavy atom. The maximum Gasteiger partial charge on any atom is 0.329 e. The highest BCUT2D eigenvalue weighted by atomic mass is 16.6. The minimum Gasteiger partial charge on any atom is -0.480 e. The molecule has 1 unspecified atom stereocenters. The second kappa shape index (κ2) is 5.97. The molecule has 0 radical (unpaired) electrons. The molecule has 1 atom stereocenters. The highest BCUT2D eigenvalue weighted by Gasteiger charge is 2.32. The number of pyridine rings is 1. The molecule has 2 N–H and O–H groups in total. The number of nitriles is 1. The molecule has 1 rings (SSSR count). The summed E-state index contributed by atoms with van der Waals surface area (Å²) in [5, 5.41) is 31.5. The fraction of sp³-hybridized carbons (Fsp3) is 0.417. The van der Waals surface area contributed by atoms with Gasteiger partial charge in [0.15, 0.2) is 0 Å². The van der Waals surface area contributed by atoms with Crippen LogP contribution >= 0.6 is 0 Å². The van der Waals surface area contributed by atoms with E-state index in [9.17, 15) is 20.0 Å². The molecule has 0 aliphatic carbocycles. The minimum atomic E-state index is -1.25. The number of aliphatic carboxylic acids is 1. The Balaban J connectivity index is 3.13. The van der Waals surface area contributed by atoms with Crippen molar-refractivity contribution in [3.63, 3.8) is 0 Å². The third-order valence-corrected chi connectivity index (χ3v) is 2.80. The fourth-order valence-electron chi connectivity index (χ4n) is 1.76. The van der Waals surface area contributed by atoms with Gasteiger partial charge in [-0.1, -0.05) is 13.3 Å². The van der Waals surface area contributed by atoms with Gasteiger partial charge in [-0.25, -0.2) is 9.78 Å². The lowest BCUT2D eigenvalue weighted by Gasteiger charge is -2.26. The van der Waals surface area contributed by atoms with Crippen LogP contribution in [0.15, 0.2) is 12.1 Å². The van der Waals surface area contributed by atoms with Crippen LogP contribution in [0.25, 0.3) is 0 Å². The van der Waals surface area contributed by atoms with E-state index in [1.165, 1.54) is 13.0 Å². The zero-order valence-electron chi connectivity index (χ0n) is 11.1. The third kappa shape index (κ3) is 3.20. The first-order chi connectivity index (χ1) is 9.34. The molecule has 106 valence electrons. The van der Waals surface area contributed by atoms with Crippen LogP contribution in [0, 0.1) is 21.4 Å². The molecule has 0 saturated heterocycles. The first kappa shape index (κ1) is 15.4. The number of carboxylic acid groups (broad SMARTS) is 1. The van der Waals surface area contributed by atoms with Gasteiger partial charge in [0.2, 0.25) is 5.69 Å². The molecule has 0 spiro atoms. The monoisotopic (exact) mass is 278 g/mol.